The molecule has 0 atom stereocenters. The van der Waals surface area contributed by atoms with Gasteiger partial charge >= 0.3 is 0 Å². The summed E-state index contributed by atoms with van der Waals surface area (Å²) in [5, 5.41) is 5.50. The number of hydrogen-bond acceptors (Lipinski definition) is 6. The molecule has 0 aliphatic heterocycles. The van der Waals surface area contributed by atoms with Gasteiger partial charge in [0.1, 0.15) is 4.21 Å². The van der Waals surface area contributed by atoms with E-state index in [1.807, 2.05) is 12.1 Å². The van der Waals surface area contributed by atoms with Gasteiger partial charge in [0.2, 0.25) is 0 Å². The number of benzene rings is 1. The molecule has 20 heavy (non-hydrogen) atoms. The number of sulfonamides is 1. The lowest BCUT2D eigenvalue weighted by molar-refractivity contribution is 0.603. The Morgan fingerprint density at radius 3 is 2.50 bits per heavy atom. The molecule has 1 N–H and O–H groups in total. The summed E-state index contributed by atoms with van der Waals surface area (Å²) in [7, 11) is -3.49. The van der Waals surface area contributed by atoms with E-state index in [1.165, 1.54) is 22.9 Å². The van der Waals surface area contributed by atoms with E-state index in [9.17, 15) is 8.42 Å². The first-order chi connectivity index (χ1) is 9.65. The van der Waals surface area contributed by atoms with Crippen LogP contribution in [0.25, 0.3) is 10.4 Å². The first-order valence-corrected chi connectivity index (χ1v) is 8.73. The fourth-order valence-electron chi connectivity index (χ4n) is 1.62. The minimum Gasteiger partial charge on any atom is -0.279 e. The van der Waals surface area contributed by atoms with Gasteiger partial charge in [-0.1, -0.05) is 22.7 Å². The minimum atomic E-state index is -3.49. The lowest BCUT2D eigenvalue weighted by atomic mass is 10.2. The van der Waals surface area contributed by atoms with Crippen molar-refractivity contribution < 1.29 is 8.42 Å². The van der Waals surface area contributed by atoms with Gasteiger partial charge in [0.25, 0.3) is 10.0 Å². The molecule has 2 aromatic heterocycles. The van der Waals surface area contributed by atoms with E-state index in [2.05, 4.69) is 14.3 Å². The molecular formula is C12H9N3O2S3. The summed E-state index contributed by atoms with van der Waals surface area (Å²) >= 11 is 2.48. The summed E-state index contributed by atoms with van der Waals surface area (Å²) in [5.41, 5.74) is 1.48. The Hall–Kier alpha value is -1.77. The first-order valence-electron chi connectivity index (χ1n) is 5.59. The third-order valence-corrected chi connectivity index (χ3v) is 6.04. The van der Waals surface area contributed by atoms with Crippen LogP contribution in [0.3, 0.4) is 0 Å². The molecule has 0 aliphatic carbocycles. The van der Waals surface area contributed by atoms with Gasteiger partial charge in [-0.3, -0.25) is 4.72 Å². The summed E-state index contributed by atoms with van der Waals surface area (Å²) in [5.74, 6) is 0. The van der Waals surface area contributed by atoms with Gasteiger partial charge in [0.15, 0.2) is 0 Å². The smallest absolute Gasteiger partial charge is 0.271 e. The van der Waals surface area contributed by atoms with Gasteiger partial charge < -0.3 is 0 Å². The second-order valence-electron chi connectivity index (χ2n) is 3.90. The van der Waals surface area contributed by atoms with Gasteiger partial charge in [0.05, 0.1) is 11.1 Å². The molecular weight excluding hydrogens is 314 g/mol. The van der Waals surface area contributed by atoms with Crippen LogP contribution in [0.15, 0.2) is 52.2 Å². The zero-order valence-corrected chi connectivity index (χ0v) is 12.5. The van der Waals surface area contributed by atoms with Crippen LogP contribution in [-0.2, 0) is 10.0 Å². The van der Waals surface area contributed by atoms with Crippen molar-refractivity contribution in [2.75, 3.05) is 4.72 Å². The predicted molar refractivity (Wildman–Crippen MR) is 80.5 cm³/mol. The van der Waals surface area contributed by atoms with Gasteiger partial charge in [0, 0.05) is 5.69 Å². The fraction of sp³-hybridized carbons (Fsp3) is 0. The molecule has 0 aliphatic rings. The molecule has 5 nitrogen and oxygen atoms in total. The first kappa shape index (κ1) is 13.2. The van der Waals surface area contributed by atoms with Crippen LogP contribution in [0.2, 0.25) is 0 Å². The highest BCUT2D eigenvalue weighted by atomic mass is 32.2. The molecule has 8 heteroatoms. The van der Waals surface area contributed by atoms with E-state index in [1.54, 1.807) is 35.8 Å². The average molecular weight is 323 g/mol. The molecule has 2 heterocycles. The second-order valence-corrected chi connectivity index (χ2v) is 7.54. The molecule has 0 fully saturated rings. The van der Waals surface area contributed by atoms with Gasteiger partial charge in [-0.15, -0.1) is 16.4 Å². The molecule has 0 unspecified atom stereocenters. The van der Waals surface area contributed by atoms with Gasteiger partial charge in [-0.05, 0) is 40.7 Å². The summed E-state index contributed by atoms with van der Waals surface area (Å²) in [6, 6.07) is 10.4. The zero-order chi connectivity index (χ0) is 14.0. The molecule has 102 valence electrons. The van der Waals surface area contributed by atoms with E-state index in [4.69, 9.17) is 0 Å². The monoisotopic (exact) mass is 323 g/mol. The van der Waals surface area contributed by atoms with E-state index in [-0.39, 0.29) is 0 Å². The van der Waals surface area contributed by atoms with Crippen molar-refractivity contribution in [2.45, 2.75) is 4.21 Å². The van der Waals surface area contributed by atoms with Crippen molar-refractivity contribution in [3.05, 3.63) is 48.0 Å². The van der Waals surface area contributed by atoms with E-state index >= 15 is 0 Å². The number of aromatic nitrogens is 2. The number of nitrogens with zero attached hydrogens (tertiary/aromatic N) is 2. The Kier molecular flexibility index (Phi) is 3.51. The molecule has 0 amide bonds. The predicted octanol–water partition coefficient (Wildman–Crippen LogP) is 3.07. The van der Waals surface area contributed by atoms with Crippen LogP contribution in [0.4, 0.5) is 5.69 Å². The Morgan fingerprint density at radius 2 is 1.90 bits per heavy atom. The topological polar surface area (TPSA) is 72.0 Å². The van der Waals surface area contributed by atoms with Crippen LogP contribution in [0.1, 0.15) is 0 Å². The maximum absolute atomic E-state index is 12.1. The van der Waals surface area contributed by atoms with E-state index in [0.717, 1.165) is 10.4 Å². The van der Waals surface area contributed by atoms with Gasteiger partial charge in [-0.25, -0.2) is 8.42 Å². The normalized spacial score (nSPS) is 11.4. The Bertz CT molecular complexity index is 779. The van der Waals surface area contributed by atoms with Crippen LogP contribution >= 0.6 is 22.9 Å². The van der Waals surface area contributed by atoms with Crippen LogP contribution < -0.4 is 4.72 Å². The quantitative estimate of drug-likeness (QED) is 0.801. The van der Waals surface area contributed by atoms with Crippen molar-refractivity contribution in [1.29, 1.82) is 0 Å². The third-order valence-electron chi connectivity index (χ3n) is 2.54. The number of thiophene rings is 1. The number of rotatable bonds is 4. The fourth-order valence-corrected chi connectivity index (χ4v) is 4.19. The molecule has 3 rings (SSSR count). The number of anilines is 1. The largest absolute Gasteiger partial charge is 0.279 e. The lowest BCUT2D eigenvalue weighted by Gasteiger charge is -2.06. The average Bonchev–Trinajstić information content (AvgIpc) is 3.13. The summed E-state index contributed by atoms with van der Waals surface area (Å²) in [6.45, 7) is 0. The van der Waals surface area contributed by atoms with Crippen molar-refractivity contribution in [3.8, 4) is 10.4 Å². The highest BCUT2D eigenvalue weighted by Gasteiger charge is 2.14. The zero-order valence-electron chi connectivity index (χ0n) is 10.1. The van der Waals surface area contributed by atoms with Crippen LogP contribution in [0.5, 0.6) is 0 Å². The molecule has 0 radical (unpaired) electrons. The summed E-state index contributed by atoms with van der Waals surface area (Å²) < 4.78 is 30.8. The minimum absolute atomic E-state index is 0.299. The number of nitrogens with one attached hydrogen (secondary N) is 1. The van der Waals surface area contributed by atoms with Crippen LogP contribution in [-0.4, -0.2) is 18.0 Å². The standard InChI is InChI=1S/C12H9N3O2S3/c16-20(17,12-2-1-7-18-12)14-10-5-3-9(4-6-10)11-8-13-15-19-11/h1-8,14H. The second kappa shape index (κ2) is 5.31. The highest BCUT2D eigenvalue weighted by molar-refractivity contribution is 7.94. The Balaban J connectivity index is 1.83. The molecule has 0 saturated heterocycles. The third kappa shape index (κ3) is 2.72. The Labute approximate surface area is 124 Å². The number of hydrogen-bond donors (Lipinski definition) is 1. The molecule has 3 aromatic rings. The lowest BCUT2D eigenvalue weighted by Crippen LogP contribution is -2.11. The van der Waals surface area contributed by atoms with Crippen LogP contribution in [0, 0.1) is 0 Å². The summed E-state index contributed by atoms with van der Waals surface area (Å²) in [6.07, 6.45) is 1.68. The van der Waals surface area contributed by atoms with Crippen molar-refractivity contribution in [2.24, 2.45) is 0 Å². The Morgan fingerprint density at radius 1 is 1.10 bits per heavy atom. The maximum Gasteiger partial charge on any atom is 0.271 e. The molecule has 0 spiro atoms. The van der Waals surface area contributed by atoms with E-state index < -0.39 is 10.0 Å². The summed E-state index contributed by atoms with van der Waals surface area (Å²) in [4.78, 5) is 0.942. The highest BCUT2D eigenvalue weighted by Crippen LogP contribution is 2.25. The SMILES string of the molecule is O=S(=O)(Nc1ccc(-c2cnns2)cc1)c1cccs1. The van der Waals surface area contributed by atoms with Gasteiger partial charge in [-0.2, -0.15) is 0 Å². The maximum atomic E-state index is 12.1. The van der Waals surface area contributed by atoms with Crippen molar-refractivity contribution in [3.63, 3.8) is 0 Å². The molecule has 1 aromatic carbocycles. The van der Waals surface area contributed by atoms with Crippen molar-refractivity contribution >= 4 is 38.6 Å². The molecule has 0 bridgehead atoms. The molecule has 0 saturated carbocycles. The van der Waals surface area contributed by atoms with E-state index in [0.29, 0.717) is 9.90 Å². The van der Waals surface area contributed by atoms with Crippen molar-refractivity contribution in [1.82, 2.24) is 9.59 Å².